The van der Waals surface area contributed by atoms with Crippen LogP contribution in [0, 0.1) is 10.8 Å². The van der Waals surface area contributed by atoms with Gasteiger partial charge in [0.15, 0.2) is 0 Å². The molecule has 0 unspecified atom stereocenters. The van der Waals surface area contributed by atoms with Crippen LogP contribution >= 0.6 is 79.1 Å². The summed E-state index contributed by atoms with van der Waals surface area (Å²) in [5, 5.41) is 0.798. The Morgan fingerprint density at radius 1 is 1.13 bits per heavy atom. The molecule has 0 spiro atoms. The fraction of sp³-hybridized carbons (Fsp3) is 0.300. The number of rotatable bonds is 3. The number of thiazole rings is 1. The summed E-state index contributed by atoms with van der Waals surface area (Å²) < 4.78 is 16.4. The van der Waals surface area contributed by atoms with Crippen LogP contribution in [0.25, 0.3) is 10.6 Å². The lowest BCUT2D eigenvalue weighted by molar-refractivity contribution is 0.0984. The molecule has 1 amide bonds. The number of anilines is 2. The molecule has 3 aromatic rings. The molecule has 2 aliphatic rings. The Bertz CT molecular complexity index is 1190. The molecular weight excluding hydrogens is 758 g/mol. The second-order valence-corrected chi connectivity index (χ2v) is 11.8. The average Bonchev–Trinajstić information content (AvgIpc) is 3.36. The van der Waals surface area contributed by atoms with Gasteiger partial charge in [0.1, 0.15) is 25.6 Å². The maximum absolute atomic E-state index is 13.7. The Labute approximate surface area is 223 Å². The molecule has 0 saturated carbocycles. The van der Waals surface area contributed by atoms with Crippen LogP contribution in [-0.2, 0) is 6.42 Å². The average molecular weight is 773 g/mol. The maximum atomic E-state index is 13.7. The number of pyridine rings is 2. The fourth-order valence-electron chi connectivity index (χ4n) is 3.78. The molecule has 1 fully saturated rings. The van der Waals surface area contributed by atoms with E-state index in [2.05, 4.69) is 72.8 Å². The van der Waals surface area contributed by atoms with Crippen LogP contribution in [0.15, 0.2) is 24.5 Å². The van der Waals surface area contributed by atoms with Crippen LogP contribution in [-0.4, -0.2) is 46.7 Å². The highest BCUT2D eigenvalue weighted by atomic mass is 127. The minimum Gasteiger partial charge on any atom is -0.353 e. The number of amides is 1. The van der Waals surface area contributed by atoms with E-state index in [1.54, 1.807) is 17.3 Å². The van der Waals surface area contributed by atoms with Gasteiger partial charge >= 0.3 is 0 Å². The molecule has 6 nitrogen and oxygen atoms in total. The van der Waals surface area contributed by atoms with E-state index in [4.69, 9.17) is 9.97 Å². The van der Waals surface area contributed by atoms with Crippen molar-refractivity contribution in [2.24, 2.45) is 0 Å². The van der Waals surface area contributed by atoms with Crippen LogP contribution in [0.4, 0.5) is 15.9 Å². The molecule has 5 heterocycles. The number of aromatic nitrogens is 3. The predicted octanol–water partition coefficient (Wildman–Crippen LogP) is 5.17. The lowest BCUT2D eigenvalue weighted by Crippen LogP contribution is -2.37. The van der Waals surface area contributed by atoms with Gasteiger partial charge in [0.05, 0.1) is 27.7 Å². The molecule has 5 rings (SSSR count). The lowest BCUT2D eigenvalue weighted by atomic mass is 10.1. The Hall–Kier alpha value is -0.680. The van der Waals surface area contributed by atoms with Gasteiger partial charge in [-0.1, -0.05) is 0 Å². The molecule has 1 saturated heterocycles. The summed E-state index contributed by atoms with van der Waals surface area (Å²) in [7, 11) is 0. The van der Waals surface area contributed by atoms with Crippen LogP contribution in [0.1, 0.15) is 21.8 Å². The van der Waals surface area contributed by atoms with Crippen LogP contribution in [0.2, 0.25) is 0 Å². The van der Waals surface area contributed by atoms with Crippen molar-refractivity contribution in [1.29, 1.82) is 0 Å². The molecule has 11 heteroatoms. The van der Waals surface area contributed by atoms with Crippen molar-refractivity contribution in [2.45, 2.75) is 19.0 Å². The van der Waals surface area contributed by atoms with Gasteiger partial charge in [-0.2, -0.15) is 0 Å². The van der Waals surface area contributed by atoms with Gasteiger partial charge < -0.3 is 9.80 Å². The molecule has 0 bridgehead atoms. The van der Waals surface area contributed by atoms with E-state index in [9.17, 15) is 9.18 Å². The summed E-state index contributed by atoms with van der Waals surface area (Å²) in [5.41, 5.74) is 2.57. The first-order valence-corrected chi connectivity index (χ1v) is 13.6. The van der Waals surface area contributed by atoms with E-state index in [1.165, 1.54) is 11.3 Å². The van der Waals surface area contributed by atoms with Gasteiger partial charge in [0.2, 0.25) is 0 Å². The number of nitrogens with zero attached hydrogens (tertiary/aromatic N) is 5. The Morgan fingerprint density at radius 3 is 2.71 bits per heavy atom. The van der Waals surface area contributed by atoms with Crippen molar-refractivity contribution in [3.05, 3.63) is 45.9 Å². The fourth-order valence-corrected chi connectivity index (χ4v) is 6.93. The Morgan fingerprint density at radius 2 is 1.97 bits per heavy atom. The number of halogens is 4. The number of carbonyl (C=O) groups is 1. The second-order valence-electron chi connectivity index (χ2n) is 7.33. The third-order valence-corrected chi connectivity index (χ3v) is 8.61. The van der Waals surface area contributed by atoms with E-state index >= 15 is 0 Å². The molecule has 0 aliphatic carbocycles. The van der Waals surface area contributed by atoms with Gasteiger partial charge in [-0.3, -0.25) is 9.78 Å². The molecular formula is C20H15FI3N5OS. The van der Waals surface area contributed by atoms with E-state index in [0.29, 0.717) is 37.4 Å². The third kappa shape index (κ3) is 4.30. The first kappa shape index (κ1) is 22.1. The second kappa shape index (κ2) is 8.93. The zero-order valence-corrected chi connectivity index (χ0v) is 23.3. The summed E-state index contributed by atoms with van der Waals surface area (Å²) in [6.07, 6.45) is 3.95. The van der Waals surface area contributed by atoms with E-state index in [0.717, 1.165) is 38.6 Å². The summed E-state index contributed by atoms with van der Waals surface area (Å²) in [4.78, 5) is 31.4. The van der Waals surface area contributed by atoms with Crippen molar-refractivity contribution >= 4 is 96.5 Å². The number of hydrogen-bond donors (Lipinski definition) is 0. The molecule has 1 atom stereocenters. The monoisotopic (exact) mass is 773 g/mol. The number of fused-ring (bicyclic) bond motifs is 1. The molecule has 0 radical (unpaired) electrons. The Balaban J connectivity index is 1.47. The number of alkyl halides is 1. The van der Waals surface area contributed by atoms with Crippen molar-refractivity contribution in [2.75, 3.05) is 29.4 Å². The molecule has 31 heavy (non-hydrogen) atoms. The largest absolute Gasteiger partial charge is 0.353 e. The van der Waals surface area contributed by atoms with Crippen molar-refractivity contribution in [3.63, 3.8) is 0 Å². The number of carbonyl (C=O) groups excluding carboxylic acids is 1. The Kier molecular flexibility index (Phi) is 6.37. The summed E-state index contributed by atoms with van der Waals surface area (Å²) in [6, 6.07) is 4.01. The first-order valence-electron chi connectivity index (χ1n) is 9.58. The minimum atomic E-state index is -0.794. The van der Waals surface area contributed by atoms with Gasteiger partial charge in [-0.15, -0.1) is 11.3 Å². The van der Waals surface area contributed by atoms with Gasteiger partial charge in [-0.05, 0) is 86.3 Å². The first-order chi connectivity index (χ1) is 14.9. The zero-order valence-electron chi connectivity index (χ0n) is 16.0. The quantitative estimate of drug-likeness (QED) is 0.272. The van der Waals surface area contributed by atoms with Crippen LogP contribution in [0.3, 0.4) is 0 Å². The van der Waals surface area contributed by atoms with Crippen molar-refractivity contribution < 1.29 is 9.18 Å². The number of hydrogen-bond acceptors (Lipinski definition) is 6. The van der Waals surface area contributed by atoms with Crippen molar-refractivity contribution in [3.8, 4) is 10.6 Å². The topological polar surface area (TPSA) is 62.2 Å². The summed E-state index contributed by atoms with van der Waals surface area (Å²) in [5.74, 6) is 0.790. The molecule has 160 valence electrons. The van der Waals surface area contributed by atoms with E-state index in [1.807, 2.05) is 17.0 Å². The smallest absolute Gasteiger partial charge is 0.270 e. The normalized spacial score (nSPS) is 18.6. The SMILES string of the molecule is O=C1c2sc(-c3cc(I)c(N4CC[C@H](F)C4)nc3I)nc2CCN1c1cncc(I)c1. The van der Waals surface area contributed by atoms with Gasteiger partial charge in [-0.25, -0.2) is 14.4 Å². The summed E-state index contributed by atoms with van der Waals surface area (Å²) in [6.45, 7) is 1.66. The third-order valence-electron chi connectivity index (χ3n) is 5.28. The van der Waals surface area contributed by atoms with E-state index in [-0.39, 0.29) is 5.91 Å². The minimum absolute atomic E-state index is 0.0332. The predicted molar refractivity (Wildman–Crippen MR) is 145 cm³/mol. The molecule has 0 N–H and O–H groups in total. The van der Waals surface area contributed by atoms with E-state index < -0.39 is 6.17 Å². The highest BCUT2D eigenvalue weighted by Crippen LogP contribution is 2.37. The van der Waals surface area contributed by atoms with Crippen LogP contribution in [0.5, 0.6) is 0 Å². The maximum Gasteiger partial charge on any atom is 0.270 e. The molecule has 0 aromatic carbocycles. The summed E-state index contributed by atoms with van der Waals surface area (Å²) >= 11 is 8.08. The highest BCUT2D eigenvalue weighted by Gasteiger charge is 2.31. The van der Waals surface area contributed by atoms with Crippen molar-refractivity contribution in [1.82, 2.24) is 15.0 Å². The van der Waals surface area contributed by atoms with Gasteiger partial charge in [0.25, 0.3) is 5.91 Å². The molecule has 2 aliphatic heterocycles. The highest BCUT2D eigenvalue weighted by molar-refractivity contribution is 14.1. The van der Waals surface area contributed by atoms with Crippen LogP contribution < -0.4 is 9.80 Å². The standard InChI is InChI=1S/C20H15FI3N5OS/c21-10-1-3-28(9-10)18-14(23)6-13(17(24)27-18)19-26-15-2-4-29(20(30)16(15)31-19)12-5-11(22)7-25-8-12/h5-8,10H,1-4,9H2/t10-/m0/s1. The lowest BCUT2D eigenvalue weighted by Gasteiger charge is -2.25. The molecule has 3 aromatic heterocycles. The zero-order chi connectivity index (χ0) is 21.7. The van der Waals surface area contributed by atoms with Gasteiger partial charge in [0, 0.05) is 34.8 Å².